The minimum absolute atomic E-state index is 0.0249. The van der Waals surface area contributed by atoms with Crippen molar-refractivity contribution < 1.29 is 26.4 Å². The van der Waals surface area contributed by atoms with Gasteiger partial charge in [-0.15, -0.1) is 0 Å². The smallest absolute Gasteiger partial charge is 0.241 e. The monoisotopic (exact) mass is 351 g/mol. The average molecular weight is 351 g/mol. The Bertz CT molecular complexity index is 931. The number of ether oxygens (including phenoxy) is 1. The second-order valence-corrected chi connectivity index (χ2v) is 6.63. The van der Waals surface area contributed by atoms with Crippen LogP contribution in [0.4, 0.5) is 4.39 Å². The maximum atomic E-state index is 13.7. The third-order valence-electron chi connectivity index (χ3n) is 3.30. The summed E-state index contributed by atoms with van der Waals surface area (Å²) in [6.45, 7) is -0.0727. The van der Waals surface area contributed by atoms with Gasteiger partial charge < -0.3 is 13.6 Å². The van der Waals surface area contributed by atoms with E-state index >= 15 is 0 Å². The van der Waals surface area contributed by atoms with Gasteiger partial charge in [-0.25, -0.2) is 17.5 Å². The first-order valence-electron chi connectivity index (χ1n) is 6.95. The van der Waals surface area contributed by atoms with Crippen LogP contribution in [0.5, 0.6) is 5.75 Å². The first kappa shape index (κ1) is 16.3. The normalized spacial score (nSPS) is 11.6. The van der Waals surface area contributed by atoms with E-state index in [0.717, 1.165) is 6.07 Å². The van der Waals surface area contributed by atoms with E-state index in [1.807, 2.05) is 0 Å². The third kappa shape index (κ3) is 3.34. The van der Waals surface area contributed by atoms with Crippen LogP contribution in [0.2, 0.25) is 0 Å². The average Bonchev–Trinajstić information content (AvgIpc) is 3.24. The molecule has 2 heterocycles. The molecule has 24 heavy (non-hydrogen) atoms. The molecule has 3 rings (SSSR count). The van der Waals surface area contributed by atoms with Crippen LogP contribution in [-0.4, -0.2) is 15.5 Å². The second kappa shape index (κ2) is 6.50. The lowest BCUT2D eigenvalue weighted by Crippen LogP contribution is -2.23. The predicted molar refractivity (Wildman–Crippen MR) is 83.4 cm³/mol. The fourth-order valence-electron chi connectivity index (χ4n) is 2.09. The van der Waals surface area contributed by atoms with Crippen LogP contribution in [0.25, 0.3) is 11.5 Å². The highest BCUT2D eigenvalue weighted by molar-refractivity contribution is 7.89. The number of hydrogen-bond acceptors (Lipinski definition) is 5. The Morgan fingerprint density at radius 1 is 1.17 bits per heavy atom. The fraction of sp³-hybridized carbons (Fsp3) is 0.125. The number of furan rings is 2. The summed E-state index contributed by atoms with van der Waals surface area (Å²) < 4.78 is 55.9. The van der Waals surface area contributed by atoms with Crippen molar-refractivity contribution >= 4 is 10.0 Å². The van der Waals surface area contributed by atoms with Gasteiger partial charge in [0.2, 0.25) is 10.0 Å². The summed E-state index contributed by atoms with van der Waals surface area (Å²) in [5.41, 5.74) is 0. The Morgan fingerprint density at radius 2 is 2.00 bits per heavy atom. The van der Waals surface area contributed by atoms with E-state index in [1.165, 1.54) is 25.5 Å². The Morgan fingerprint density at radius 3 is 2.67 bits per heavy atom. The molecule has 1 aromatic carbocycles. The van der Waals surface area contributed by atoms with Gasteiger partial charge in [0.25, 0.3) is 0 Å². The van der Waals surface area contributed by atoms with Crippen LogP contribution in [0.1, 0.15) is 5.76 Å². The van der Waals surface area contributed by atoms with Crippen LogP contribution in [0.15, 0.2) is 62.5 Å². The summed E-state index contributed by atoms with van der Waals surface area (Å²) in [5.74, 6) is 0.659. The summed E-state index contributed by atoms with van der Waals surface area (Å²) >= 11 is 0. The molecule has 3 aromatic rings. The molecule has 0 saturated carbocycles. The van der Waals surface area contributed by atoms with Crippen molar-refractivity contribution in [3.63, 3.8) is 0 Å². The Labute approximate surface area is 137 Å². The van der Waals surface area contributed by atoms with Crippen molar-refractivity contribution in [1.82, 2.24) is 4.72 Å². The molecule has 0 aliphatic heterocycles. The second-order valence-electron chi connectivity index (χ2n) is 4.86. The Kier molecular flexibility index (Phi) is 4.41. The lowest BCUT2D eigenvalue weighted by atomic mass is 10.3. The molecule has 1 N–H and O–H groups in total. The zero-order chi connectivity index (χ0) is 17.2. The zero-order valence-electron chi connectivity index (χ0n) is 12.7. The van der Waals surface area contributed by atoms with Crippen molar-refractivity contribution in [2.45, 2.75) is 11.4 Å². The largest absolute Gasteiger partial charge is 0.494 e. The van der Waals surface area contributed by atoms with Gasteiger partial charge in [-0.1, -0.05) is 0 Å². The molecule has 0 radical (unpaired) electrons. The van der Waals surface area contributed by atoms with E-state index in [0.29, 0.717) is 17.3 Å². The molecule has 0 unspecified atom stereocenters. The molecule has 8 heteroatoms. The van der Waals surface area contributed by atoms with Crippen LogP contribution >= 0.6 is 0 Å². The molecule has 0 atom stereocenters. The van der Waals surface area contributed by atoms with Gasteiger partial charge >= 0.3 is 0 Å². The highest BCUT2D eigenvalue weighted by Gasteiger charge is 2.17. The highest BCUT2D eigenvalue weighted by atomic mass is 32.2. The van der Waals surface area contributed by atoms with Gasteiger partial charge in [-0.3, -0.25) is 0 Å². The van der Waals surface area contributed by atoms with Crippen LogP contribution < -0.4 is 9.46 Å². The lowest BCUT2D eigenvalue weighted by Gasteiger charge is -2.07. The van der Waals surface area contributed by atoms with Crippen LogP contribution in [0, 0.1) is 5.82 Å². The molecule has 0 aliphatic rings. The quantitative estimate of drug-likeness (QED) is 0.738. The lowest BCUT2D eigenvalue weighted by molar-refractivity contribution is 0.385. The van der Waals surface area contributed by atoms with Crippen LogP contribution in [-0.2, 0) is 16.6 Å². The standard InChI is InChI=1S/C16H14FNO5S/c1-21-14-7-5-12(9-13(14)17)24(19,20)18-10-11-4-6-16(23-11)15-3-2-8-22-15/h2-9,18H,10H2,1H3. The van der Waals surface area contributed by atoms with E-state index in [4.69, 9.17) is 13.6 Å². The molecule has 0 saturated heterocycles. The van der Waals surface area contributed by atoms with Gasteiger partial charge in [0.15, 0.2) is 23.1 Å². The molecule has 6 nitrogen and oxygen atoms in total. The Hall–Kier alpha value is -2.58. The van der Waals surface area contributed by atoms with E-state index in [1.54, 1.807) is 24.3 Å². The molecule has 0 fully saturated rings. The number of nitrogens with one attached hydrogen (secondary N) is 1. The number of hydrogen-bond donors (Lipinski definition) is 1. The molecule has 0 aliphatic carbocycles. The summed E-state index contributed by atoms with van der Waals surface area (Å²) in [5, 5.41) is 0. The zero-order valence-corrected chi connectivity index (χ0v) is 13.5. The van der Waals surface area contributed by atoms with E-state index in [2.05, 4.69) is 4.72 Å². The molecule has 0 spiro atoms. The maximum Gasteiger partial charge on any atom is 0.241 e. The number of methoxy groups -OCH3 is 1. The van der Waals surface area contributed by atoms with Gasteiger partial charge in [0.05, 0.1) is 24.8 Å². The summed E-state index contributed by atoms with van der Waals surface area (Å²) in [6.07, 6.45) is 1.51. The topological polar surface area (TPSA) is 81.7 Å². The third-order valence-corrected chi connectivity index (χ3v) is 4.69. The maximum absolute atomic E-state index is 13.7. The van der Waals surface area contributed by atoms with Gasteiger partial charge in [-0.2, -0.15) is 0 Å². The first-order valence-corrected chi connectivity index (χ1v) is 8.44. The van der Waals surface area contributed by atoms with Crippen molar-refractivity contribution in [1.29, 1.82) is 0 Å². The number of halogens is 1. The van der Waals surface area contributed by atoms with E-state index in [-0.39, 0.29) is 17.2 Å². The number of rotatable bonds is 6. The van der Waals surface area contributed by atoms with Crippen molar-refractivity contribution in [3.05, 3.63) is 60.3 Å². The fourth-order valence-corrected chi connectivity index (χ4v) is 3.09. The molecule has 126 valence electrons. The summed E-state index contributed by atoms with van der Waals surface area (Å²) in [6, 6.07) is 10.2. The van der Waals surface area contributed by atoms with Crippen molar-refractivity contribution in [3.8, 4) is 17.3 Å². The Balaban J connectivity index is 1.72. The molecule has 0 bridgehead atoms. The highest BCUT2D eigenvalue weighted by Crippen LogP contribution is 2.23. The minimum atomic E-state index is -3.88. The molecule has 0 amide bonds. The molecular weight excluding hydrogens is 337 g/mol. The van der Waals surface area contributed by atoms with Crippen LogP contribution in [0.3, 0.4) is 0 Å². The van der Waals surface area contributed by atoms with E-state index in [9.17, 15) is 12.8 Å². The number of sulfonamides is 1. The van der Waals surface area contributed by atoms with Gasteiger partial charge in [-0.05, 0) is 42.5 Å². The number of benzene rings is 1. The van der Waals surface area contributed by atoms with E-state index < -0.39 is 15.8 Å². The molecule has 2 aromatic heterocycles. The minimum Gasteiger partial charge on any atom is -0.494 e. The predicted octanol–water partition coefficient (Wildman–Crippen LogP) is 3.17. The molecular formula is C16H14FNO5S. The summed E-state index contributed by atoms with van der Waals surface area (Å²) in [4.78, 5) is -0.196. The first-order chi connectivity index (χ1) is 11.5. The van der Waals surface area contributed by atoms with Gasteiger partial charge in [0.1, 0.15) is 5.76 Å². The van der Waals surface area contributed by atoms with Crippen molar-refractivity contribution in [2.75, 3.05) is 7.11 Å². The van der Waals surface area contributed by atoms with Crippen molar-refractivity contribution in [2.24, 2.45) is 0 Å². The van der Waals surface area contributed by atoms with Gasteiger partial charge in [0, 0.05) is 0 Å². The summed E-state index contributed by atoms with van der Waals surface area (Å²) in [7, 11) is -2.58. The SMILES string of the molecule is COc1ccc(S(=O)(=O)NCc2ccc(-c3ccco3)o2)cc1F.